The highest BCUT2D eigenvalue weighted by Gasteiger charge is 2.69. The van der Waals surface area contributed by atoms with Crippen LogP contribution >= 0.6 is 0 Å². The van der Waals surface area contributed by atoms with Crippen LogP contribution in [-0.2, 0) is 0 Å². The van der Waals surface area contributed by atoms with Crippen LogP contribution in [0.2, 0.25) is 0 Å². The van der Waals surface area contributed by atoms with E-state index in [1.807, 2.05) is 19.1 Å². The molecule has 43 heavy (non-hydrogen) atoms. The lowest BCUT2D eigenvalue weighted by atomic mass is 9.55. The molecule has 246 valence electrons. The number of rotatable bonds is 9. The minimum absolute atomic E-state index is 0.0223. The smallest absolute Gasteiger partial charge is 0.393 e. The number of allylic oxidation sites excluding steroid dienone is 4. The Morgan fingerprint density at radius 2 is 1.58 bits per heavy atom. The lowest BCUT2D eigenvalue weighted by Gasteiger charge is -2.49. The Kier molecular flexibility index (Phi) is 10.5. The summed E-state index contributed by atoms with van der Waals surface area (Å²) in [6, 6.07) is 0. The van der Waals surface area contributed by atoms with Gasteiger partial charge in [0.1, 0.15) is 0 Å². The van der Waals surface area contributed by atoms with Gasteiger partial charge in [-0.2, -0.15) is 26.3 Å². The van der Waals surface area contributed by atoms with E-state index in [0.717, 1.165) is 43.8 Å². The minimum atomic E-state index is -5.92. The summed E-state index contributed by atoms with van der Waals surface area (Å²) in [7, 11) is 0. The van der Waals surface area contributed by atoms with E-state index in [0.29, 0.717) is 31.3 Å². The van der Waals surface area contributed by atoms with Crippen LogP contribution in [0.4, 0.5) is 26.3 Å². The summed E-state index contributed by atoms with van der Waals surface area (Å²) >= 11 is 0. The van der Waals surface area contributed by atoms with Crippen LogP contribution in [0.1, 0.15) is 98.3 Å². The molecule has 4 nitrogen and oxygen atoms in total. The van der Waals surface area contributed by atoms with Crippen LogP contribution in [0, 0.1) is 22.7 Å². The van der Waals surface area contributed by atoms with Gasteiger partial charge in [-0.25, -0.2) is 0 Å². The average molecular weight is 623 g/mol. The summed E-state index contributed by atoms with van der Waals surface area (Å²) < 4.78 is 80.2. The van der Waals surface area contributed by atoms with E-state index in [9.17, 15) is 46.8 Å². The molecule has 0 spiro atoms. The third-order valence-corrected chi connectivity index (χ3v) is 10.4. The zero-order chi connectivity index (χ0) is 32.6. The number of fused-ring (bicyclic) bond motifs is 1. The van der Waals surface area contributed by atoms with Gasteiger partial charge < -0.3 is 20.4 Å². The molecule has 0 bridgehead atoms. The molecular formula is C33H48F6O4. The molecule has 0 amide bonds. The van der Waals surface area contributed by atoms with Gasteiger partial charge in [-0.15, -0.1) is 0 Å². The Hall–Kier alpha value is -1.62. The van der Waals surface area contributed by atoms with Crippen molar-refractivity contribution in [1.29, 1.82) is 0 Å². The molecule has 0 heterocycles. The number of hydrogen-bond donors (Lipinski definition) is 4. The van der Waals surface area contributed by atoms with Gasteiger partial charge in [0.25, 0.3) is 5.60 Å². The maximum atomic E-state index is 13.4. The molecule has 6 atom stereocenters. The molecule has 0 aromatic carbocycles. The molecule has 3 aliphatic rings. The first kappa shape index (κ1) is 35.9. The molecule has 0 saturated heterocycles. The highest BCUT2D eigenvalue weighted by atomic mass is 19.4. The predicted molar refractivity (Wildman–Crippen MR) is 154 cm³/mol. The Morgan fingerprint density at radius 3 is 2.16 bits per heavy atom. The van der Waals surface area contributed by atoms with Gasteiger partial charge in [-0.05, 0) is 112 Å². The van der Waals surface area contributed by atoms with E-state index in [1.165, 1.54) is 5.57 Å². The van der Waals surface area contributed by atoms with Crippen LogP contribution < -0.4 is 0 Å². The molecule has 3 rings (SSSR count). The van der Waals surface area contributed by atoms with E-state index < -0.39 is 41.2 Å². The third-order valence-electron chi connectivity index (χ3n) is 10.4. The number of alkyl halides is 6. The second kappa shape index (κ2) is 12.6. The fraction of sp³-hybridized carbons (Fsp3) is 0.758. The van der Waals surface area contributed by atoms with Crippen molar-refractivity contribution in [3.05, 3.63) is 47.6 Å². The minimum Gasteiger partial charge on any atom is -0.393 e. The molecule has 0 aliphatic heterocycles. The van der Waals surface area contributed by atoms with Crippen LogP contribution in [0.3, 0.4) is 0 Å². The van der Waals surface area contributed by atoms with E-state index in [-0.39, 0.29) is 36.2 Å². The molecule has 0 radical (unpaired) electrons. The topological polar surface area (TPSA) is 80.9 Å². The van der Waals surface area contributed by atoms with Crippen LogP contribution in [0.5, 0.6) is 0 Å². The van der Waals surface area contributed by atoms with Crippen molar-refractivity contribution in [3.8, 4) is 0 Å². The Morgan fingerprint density at radius 1 is 0.953 bits per heavy atom. The standard InChI is InChI=1S/C33H48F6O4/c1-21-23(19-24(40)20-26(21)41)11-10-22-9-6-17-30(5)25(22)12-13-27(30)29(4,15-7-14-28(2,3)42)16-8-18-31(43,32(34,35)36)33(37,38)39/h8,10-11,18,24-27,40-43H,1,6-7,9,12-17,19-20H2,2-5H3/b18-8+,22-10+,23-11-/t24-,25?,26?,27-,29-,30+/m1/s1. The lowest BCUT2D eigenvalue weighted by molar-refractivity contribution is -0.347. The van der Waals surface area contributed by atoms with Crippen LogP contribution in [0.25, 0.3) is 0 Å². The van der Waals surface area contributed by atoms with Gasteiger partial charge in [-0.3, -0.25) is 0 Å². The van der Waals surface area contributed by atoms with Crippen LogP contribution in [-0.4, -0.2) is 56.2 Å². The molecule has 0 aromatic heterocycles. The number of hydrogen-bond acceptors (Lipinski definition) is 4. The first-order valence-corrected chi connectivity index (χ1v) is 15.2. The first-order chi connectivity index (χ1) is 19.5. The Bertz CT molecular complexity index is 1080. The zero-order valence-corrected chi connectivity index (χ0v) is 25.7. The van der Waals surface area contributed by atoms with Crippen molar-refractivity contribution in [3.63, 3.8) is 0 Å². The number of aliphatic hydroxyl groups excluding tert-OH is 2. The Labute approximate surface area is 251 Å². The molecule has 0 aromatic rings. The average Bonchev–Trinajstić information content (AvgIpc) is 3.21. The molecular weight excluding hydrogens is 574 g/mol. The van der Waals surface area contributed by atoms with Crippen molar-refractivity contribution < 1.29 is 46.8 Å². The molecule has 3 fully saturated rings. The summed E-state index contributed by atoms with van der Waals surface area (Å²) in [6.45, 7) is 11.4. The quantitative estimate of drug-likeness (QED) is 0.156. The summed E-state index contributed by atoms with van der Waals surface area (Å²) in [5.41, 5.74) is -4.25. The lowest BCUT2D eigenvalue weighted by Crippen LogP contribution is -2.55. The van der Waals surface area contributed by atoms with Gasteiger partial charge in [0.15, 0.2) is 0 Å². The van der Waals surface area contributed by atoms with Crippen LogP contribution in [0.15, 0.2) is 47.6 Å². The molecule has 4 N–H and O–H groups in total. The summed E-state index contributed by atoms with van der Waals surface area (Å²) in [5, 5.41) is 40.3. The fourth-order valence-electron chi connectivity index (χ4n) is 8.04. The van der Waals surface area contributed by atoms with Gasteiger partial charge in [-0.1, -0.05) is 50.6 Å². The highest BCUT2D eigenvalue weighted by molar-refractivity contribution is 5.38. The summed E-state index contributed by atoms with van der Waals surface area (Å²) in [6.07, 6.45) is -2.44. The third kappa shape index (κ3) is 7.79. The summed E-state index contributed by atoms with van der Waals surface area (Å²) in [5.74, 6) is 0.139. The van der Waals surface area contributed by atoms with E-state index in [1.54, 1.807) is 13.8 Å². The van der Waals surface area contributed by atoms with Gasteiger partial charge >= 0.3 is 12.4 Å². The monoisotopic (exact) mass is 622 g/mol. The van der Waals surface area contributed by atoms with Gasteiger partial charge in [0.05, 0.1) is 17.8 Å². The van der Waals surface area contributed by atoms with Crippen molar-refractivity contribution in [2.24, 2.45) is 22.7 Å². The largest absolute Gasteiger partial charge is 0.429 e. The highest BCUT2D eigenvalue weighted by Crippen LogP contribution is 2.64. The fourth-order valence-corrected chi connectivity index (χ4v) is 8.04. The molecule has 10 heteroatoms. The van der Waals surface area contributed by atoms with Gasteiger partial charge in [0.2, 0.25) is 0 Å². The van der Waals surface area contributed by atoms with Crippen molar-refractivity contribution in [2.75, 3.05) is 0 Å². The predicted octanol–water partition coefficient (Wildman–Crippen LogP) is 7.88. The zero-order valence-electron chi connectivity index (χ0n) is 25.7. The maximum absolute atomic E-state index is 13.4. The number of halogens is 6. The van der Waals surface area contributed by atoms with Crippen molar-refractivity contribution in [2.45, 2.75) is 134 Å². The summed E-state index contributed by atoms with van der Waals surface area (Å²) in [4.78, 5) is 0. The maximum Gasteiger partial charge on any atom is 0.429 e. The molecule has 3 saturated carbocycles. The normalized spacial score (nSPS) is 32.9. The second-order valence-corrected chi connectivity index (χ2v) is 14.3. The molecule has 2 unspecified atom stereocenters. The van der Waals surface area contributed by atoms with Crippen molar-refractivity contribution in [1.82, 2.24) is 0 Å². The van der Waals surface area contributed by atoms with Gasteiger partial charge in [0, 0.05) is 6.42 Å². The second-order valence-electron chi connectivity index (χ2n) is 14.3. The Balaban J connectivity index is 1.93. The first-order valence-electron chi connectivity index (χ1n) is 15.2. The van der Waals surface area contributed by atoms with E-state index in [4.69, 9.17) is 0 Å². The SMILES string of the molecule is C=C1/C(=C\C=C2/CCC[C@@]3(C)C2CC[C@@H]3[C@@](C)(C/C=C/C(O)(C(F)(F)F)C(F)(F)F)CCCC(C)(C)O)C[C@@H](O)CC1O. The van der Waals surface area contributed by atoms with E-state index >= 15 is 0 Å². The van der Waals surface area contributed by atoms with Crippen molar-refractivity contribution >= 4 is 0 Å². The van der Waals surface area contributed by atoms with E-state index in [2.05, 4.69) is 13.5 Å². The molecule has 3 aliphatic carbocycles. The number of aliphatic hydroxyl groups is 4.